The Bertz CT molecular complexity index is 345. The lowest BCUT2D eigenvalue weighted by Gasteiger charge is -2.18. The third-order valence-corrected chi connectivity index (χ3v) is 1.69. The van der Waals surface area contributed by atoms with Crippen LogP contribution in [0.15, 0.2) is 0 Å². The first-order valence-corrected chi connectivity index (χ1v) is 5.40. The van der Waals surface area contributed by atoms with E-state index in [1.54, 1.807) is 0 Å². The number of aldehydes is 1. The van der Waals surface area contributed by atoms with Gasteiger partial charge in [-0.15, -0.1) is 0 Å². The van der Waals surface area contributed by atoms with Gasteiger partial charge in [0.05, 0.1) is 12.8 Å². The summed E-state index contributed by atoms with van der Waals surface area (Å²) in [6.45, 7) is 0. The van der Waals surface area contributed by atoms with E-state index in [1.165, 1.54) is 0 Å². The van der Waals surface area contributed by atoms with E-state index in [0.29, 0.717) is 0 Å². The van der Waals surface area contributed by atoms with Crippen LogP contribution in [0.5, 0.6) is 0 Å². The molecule has 0 unspecified atom stereocenters. The molecule has 110 valence electrons. The monoisotopic (exact) mass is 338 g/mol. The van der Waals surface area contributed by atoms with Crippen LogP contribution in [-0.2, 0) is 19.2 Å². The largest absolute Gasteiger partial charge is 0.481 e. The number of carbonyl (C=O) groups excluding carboxylic acids is 1. The highest BCUT2D eigenvalue weighted by Gasteiger charge is 2.40. The van der Waals surface area contributed by atoms with Crippen LogP contribution in [0.2, 0.25) is 0 Å². The van der Waals surface area contributed by atoms with E-state index in [9.17, 15) is 19.2 Å². The first kappa shape index (κ1) is 20.2. The molecular formula is C8H9Cl3O8. The molecule has 8 nitrogen and oxygen atoms in total. The highest BCUT2D eigenvalue weighted by atomic mass is 35.6. The summed E-state index contributed by atoms with van der Waals surface area (Å²) in [6, 6.07) is 0. The number of rotatable bonds is 5. The third-order valence-electron chi connectivity index (χ3n) is 1.42. The Hall–Kier alpha value is -1.09. The van der Waals surface area contributed by atoms with E-state index in [1.807, 2.05) is 0 Å². The number of aliphatic hydroxyl groups is 1. The van der Waals surface area contributed by atoms with Crippen LogP contribution in [0.25, 0.3) is 0 Å². The van der Waals surface area contributed by atoms with Gasteiger partial charge in [0.25, 0.3) is 0 Å². The maximum atomic E-state index is 10.3. The fraction of sp³-hybridized carbons (Fsp3) is 0.500. The van der Waals surface area contributed by atoms with Crippen molar-refractivity contribution in [1.29, 1.82) is 0 Å². The van der Waals surface area contributed by atoms with Gasteiger partial charge in [0, 0.05) is 0 Å². The zero-order valence-electron chi connectivity index (χ0n) is 9.05. The normalized spacial score (nSPS) is 10.9. The molecule has 0 aliphatic carbocycles. The number of carboxylic acid groups (broad SMARTS) is 3. The van der Waals surface area contributed by atoms with Gasteiger partial charge in [-0.1, -0.05) is 34.8 Å². The Kier molecular flexibility index (Phi) is 8.68. The van der Waals surface area contributed by atoms with Gasteiger partial charge < -0.3 is 20.4 Å². The van der Waals surface area contributed by atoms with Crippen LogP contribution in [0.1, 0.15) is 12.8 Å². The summed E-state index contributed by atoms with van der Waals surface area (Å²) in [4.78, 5) is 39.9. The number of carbonyl (C=O) groups is 4. The molecule has 0 bridgehead atoms. The Balaban J connectivity index is 0. The highest BCUT2D eigenvalue weighted by Crippen LogP contribution is 2.21. The Morgan fingerprint density at radius 3 is 1.32 bits per heavy atom. The second kappa shape index (κ2) is 8.16. The lowest BCUT2D eigenvalue weighted by Crippen LogP contribution is -2.42. The van der Waals surface area contributed by atoms with Crippen molar-refractivity contribution in [2.75, 3.05) is 0 Å². The van der Waals surface area contributed by atoms with Crippen LogP contribution >= 0.6 is 34.8 Å². The summed E-state index contributed by atoms with van der Waals surface area (Å²) >= 11 is 14.6. The van der Waals surface area contributed by atoms with Crippen molar-refractivity contribution in [3.8, 4) is 0 Å². The lowest BCUT2D eigenvalue weighted by atomic mass is 9.96. The van der Waals surface area contributed by atoms with Gasteiger partial charge in [-0.2, -0.15) is 0 Å². The van der Waals surface area contributed by atoms with Crippen molar-refractivity contribution in [1.82, 2.24) is 0 Å². The molecule has 19 heavy (non-hydrogen) atoms. The fourth-order valence-electron chi connectivity index (χ4n) is 0.714. The van der Waals surface area contributed by atoms with Gasteiger partial charge in [-0.25, -0.2) is 4.79 Å². The van der Waals surface area contributed by atoms with Gasteiger partial charge in [-0.3, -0.25) is 14.4 Å². The zero-order valence-corrected chi connectivity index (χ0v) is 11.3. The van der Waals surface area contributed by atoms with E-state index < -0.39 is 40.1 Å². The smallest absolute Gasteiger partial charge is 0.336 e. The van der Waals surface area contributed by atoms with Crippen LogP contribution in [-0.4, -0.2) is 54.0 Å². The first-order chi connectivity index (χ1) is 8.34. The number of alkyl halides is 3. The molecule has 4 N–H and O–H groups in total. The number of hydrogen-bond acceptors (Lipinski definition) is 5. The Labute approximate surface area is 121 Å². The molecule has 0 saturated carbocycles. The van der Waals surface area contributed by atoms with Crippen molar-refractivity contribution in [2.24, 2.45) is 0 Å². The number of halogens is 3. The SMILES string of the molecule is O=C(O)CC(O)(CC(=O)O)C(=O)O.O=CC(Cl)(Cl)Cl. The molecule has 0 amide bonds. The van der Waals surface area contributed by atoms with Crippen molar-refractivity contribution >= 4 is 59.0 Å². The summed E-state index contributed by atoms with van der Waals surface area (Å²) in [5.74, 6) is -5.02. The summed E-state index contributed by atoms with van der Waals surface area (Å²) in [7, 11) is 0. The van der Waals surface area contributed by atoms with Gasteiger partial charge in [0.2, 0.25) is 3.79 Å². The molecular weight excluding hydrogens is 330 g/mol. The van der Waals surface area contributed by atoms with Gasteiger partial charge in [-0.05, 0) is 0 Å². The topological polar surface area (TPSA) is 149 Å². The van der Waals surface area contributed by atoms with E-state index in [-0.39, 0.29) is 6.29 Å². The fourth-order valence-corrected chi connectivity index (χ4v) is 0.714. The quantitative estimate of drug-likeness (QED) is 0.413. The average molecular weight is 340 g/mol. The van der Waals surface area contributed by atoms with Crippen LogP contribution in [0.4, 0.5) is 0 Å². The standard InChI is InChI=1S/C6H8O7.C2HCl3O/c7-3(8)1-6(13,5(11)12)2-4(9)10;3-2(4,5)1-6/h13H,1-2H2,(H,7,8)(H,9,10)(H,11,12);1H. The van der Waals surface area contributed by atoms with Gasteiger partial charge >= 0.3 is 17.9 Å². The van der Waals surface area contributed by atoms with Crippen molar-refractivity contribution in [3.63, 3.8) is 0 Å². The molecule has 0 spiro atoms. The minimum atomic E-state index is -2.74. The van der Waals surface area contributed by atoms with E-state index in [4.69, 9.17) is 55.2 Å². The van der Waals surface area contributed by atoms with E-state index >= 15 is 0 Å². The molecule has 0 fully saturated rings. The first-order valence-electron chi connectivity index (χ1n) is 4.26. The molecule has 0 aromatic carbocycles. The van der Waals surface area contributed by atoms with Crippen molar-refractivity contribution in [3.05, 3.63) is 0 Å². The third kappa shape index (κ3) is 11.7. The Morgan fingerprint density at radius 1 is 0.947 bits per heavy atom. The predicted molar refractivity (Wildman–Crippen MR) is 63.4 cm³/mol. The molecule has 0 aliphatic heterocycles. The van der Waals surface area contributed by atoms with Crippen LogP contribution in [0.3, 0.4) is 0 Å². The number of carboxylic acids is 3. The highest BCUT2D eigenvalue weighted by molar-refractivity contribution is 6.74. The summed E-state index contributed by atoms with van der Waals surface area (Å²) in [5, 5.41) is 33.8. The minimum absolute atomic E-state index is 0.234. The summed E-state index contributed by atoms with van der Waals surface area (Å²) in [5.41, 5.74) is -2.74. The molecule has 0 atom stereocenters. The summed E-state index contributed by atoms with van der Waals surface area (Å²) in [6.07, 6.45) is -2.05. The molecule has 0 aromatic rings. The number of aliphatic carboxylic acids is 3. The van der Waals surface area contributed by atoms with Crippen molar-refractivity contribution < 1.29 is 39.6 Å². The second-order valence-electron chi connectivity index (χ2n) is 3.14. The molecule has 0 radical (unpaired) electrons. The van der Waals surface area contributed by atoms with Crippen molar-refractivity contribution in [2.45, 2.75) is 22.2 Å². The predicted octanol–water partition coefficient (Wildman–Crippen LogP) is 0.307. The lowest BCUT2D eigenvalue weighted by molar-refractivity contribution is -0.170. The molecule has 0 rings (SSSR count). The molecule has 0 aromatic heterocycles. The minimum Gasteiger partial charge on any atom is -0.481 e. The maximum Gasteiger partial charge on any atom is 0.336 e. The average Bonchev–Trinajstić information content (AvgIpc) is 2.14. The molecule has 0 saturated heterocycles. The Morgan fingerprint density at radius 2 is 1.21 bits per heavy atom. The van der Waals surface area contributed by atoms with Crippen LogP contribution < -0.4 is 0 Å². The van der Waals surface area contributed by atoms with Crippen LogP contribution in [0, 0.1) is 0 Å². The molecule has 11 heteroatoms. The van der Waals surface area contributed by atoms with Gasteiger partial charge in [0.15, 0.2) is 11.9 Å². The van der Waals surface area contributed by atoms with E-state index in [0.717, 1.165) is 0 Å². The maximum absolute atomic E-state index is 10.3. The molecule has 0 aliphatic rings. The zero-order chi connectivity index (χ0) is 15.9. The number of hydrogen-bond donors (Lipinski definition) is 4. The van der Waals surface area contributed by atoms with E-state index in [2.05, 4.69) is 0 Å². The second-order valence-corrected chi connectivity index (χ2v) is 5.51. The van der Waals surface area contributed by atoms with Gasteiger partial charge in [0.1, 0.15) is 0 Å². The summed E-state index contributed by atoms with van der Waals surface area (Å²) < 4.78 is -1.72. The molecule has 0 heterocycles.